The Labute approximate surface area is 124 Å². The summed E-state index contributed by atoms with van der Waals surface area (Å²) in [5.41, 5.74) is 2.83. The van der Waals surface area contributed by atoms with Gasteiger partial charge in [0.15, 0.2) is 0 Å². The molecule has 0 spiro atoms. The first-order chi connectivity index (χ1) is 9.59. The molecule has 0 nitrogen and oxygen atoms in total. The van der Waals surface area contributed by atoms with Gasteiger partial charge in [-0.05, 0) is 35.8 Å². The van der Waals surface area contributed by atoms with Gasteiger partial charge in [0, 0.05) is 0 Å². The summed E-state index contributed by atoms with van der Waals surface area (Å²) in [5.74, 6) is 1.70. The Bertz CT molecular complexity index is 394. The third kappa shape index (κ3) is 7.13. The molecular weight excluding hydrogens is 240 g/mol. The lowest BCUT2D eigenvalue weighted by atomic mass is 10.0. The first-order valence-corrected chi connectivity index (χ1v) is 7.67. The van der Waals surface area contributed by atoms with Crippen LogP contribution < -0.4 is 0 Å². The van der Waals surface area contributed by atoms with Crippen molar-refractivity contribution in [2.24, 2.45) is 11.8 Å². The quantitative estimate of drug-likeness (QED) is 0.660. The van der Waals surface area contributed by atoms with Crippen molar-refractivity contribution in [3.8, 4) is 0 Å². The van der Waals surface area contributed by atoms with Crippen LogP contribution >= 0.6 is 0 Å². The maximum atomic E-state index is 2.24. The van der Waals surface area contributed by atoms with Crippen LogP contribution in [-0.2, 0) is 12.8 Å². The molecule has 0 fully saturated rings. The second-order valence-corrected chi connectivity index (χ2v) is 5.96. The summed E-state index contributed by atoms with van der Waals surface area (Å²) in [6.45, 7) is 8.96. The van der Waals surface area contributed by atoms with Crippen molar-refractivity contribution in [1.82, 2.24) is 0 Å². The Hall–Kier alpha value is -1.56. The molecule has 2 rings (SSSR count). The first kappa shape index (κ1) is 16.5. The second kappa shape index (κ2) is 9.36. The minimum atomic E-state index is 0.852. The van der Waals surface area contributed by atoms with Gasteiger partial charge in [-0.1, -0.05) is 88.4 Å². The number of aryl methyl sites for hydroxylation is 2. The van der Waals surface area contributed by atoms with Gasteiger partial charge in [-0.25, -0.2) is 0 Å². The van der Waals surface area contributed by atoms with E-state index in [0.29, 0.717) is 0 Å². The van der Waals surface area contributed by atoms with Crippen LogP contribution in [0.4, 0.5) is 0 Å². The molecule has 0 aromatic heterocycles. The molecule has 108 valence electrons. The van der Waals surface area contributed by atoms with E-state index in [1.54, 1.807) is 0 Å². The Kier molecular flexibility index (Phi) is 7.72. The molecule has 0 amide bonds. The molecule has 0 saturated heterocycles. The SMILES string of the molecule is CC(C)C(C)C.c1ccc(CCc2ccccc2)cc1. The minimum Gasteiger partial charge on any atom is -0.0625 e. The Morgan fingerprint density at radius 3 is 1.10 bits per heavy atom. The van der Waals surface area contributed by atoms with E-state index in [9.17, 15) is 0 Å². The molecule has 0 bridgehead atoms. The largest absolute Gasteiger partial charge is 0.0625 e. The standard InChI is InChI=1S/C14H14.C6H14/c1-3-7-13(8-4-1)11-12-14-9-5-2-6-10-14;1-5(2)6(3)4/h1-10H,11-12H2;5-6H,1-4H3. The molecule has 0 heterocycles. The maximum absolute atomic E-state index is 2.24. The summed E-state index contributed by atoms with van der Waals surface area (Å²) in [6.07, 6.45) is 2.26. The molecule has 2 aromatic rings. The normalized spacial score (nSPS) is 10.3. The summed E-state index contributed by atoms with van der Waals surface area (Å²) in [4.78, 5) is 0. The Morgan fingerprint density at radius 1 is 0.550 bits per heavy atom. The van der Waals surface area contributed by atoms with Gasteiger partial charge >= 0.3 is 0 Å². The van der Waals surface area contributed by atoms with E-state index in [1.165, 1.54) is 11.1 Å². The molecule has 0 aliphatic rings. The molecule has 0 aliphatic heterocycles. The number of benzene rings is 2. The van der Waals surface area contributed by atoms with E-state index in [4.69, 9.17) is 0 Å². The topological polar surface area (TPSA) is 0 Å². The van der Waals surface area contributed by atoms with Crippen molar-refractivity contribution < 1.29 is 0 Å². The summed E-state index contributed by atoms with van der Waals surface area (Å²) in [5, 5.41) is 0. The van der Waals surface area contributed by atoms with Crippen molar-refractivity contribution in [3.63, 3.8) is 0 Å². The summed E-state index contributed by atoms with van der Waals surface area (Å²) in [6, 6.07) is 21.2. The zero-order valence-electron chi connectivity index (χ0n) is 13.3. The van der Waals surface area contributed by atoms with E-state index in [2.05, 4.69) is 88.4 Å². The fourth-order valence-corrected chi connectivity index (χ4v) is 1.58. The molecule has 0 unspecified atom stereocenters. The number of hydrogen-bond acceptors (Lipinski definition) is 0. The molecule has 0 atom stereocenters. The highest BCUT2D eigenvalue weighted by Crippen LogP contribution is 2.06. The van der Waals surface area contributed by atoms with Gasteiger partial charge in [0.05, 0.1) is 0 Å². The molecule has 0 N–H and O–H groups in total. The minimum absolute atomic E-state index is 0.852. The van der Waals surface area contributed by atoms with Crippen LogP contribution in [0, 0.1) is 11.8 Å². The van der Waals surface area contributed by atoms with Crippen molar-refractivity contribution in [1.29, 1.82) is 0 Å². The highest BCUT2D eigenvalue weighted by atomic mass is 14.0. The van der Waals surface area contributed by atoms with E-state index in [0.717, 1.165) is 24.7 Å². The summed E-state index contributed by atoms with van der Waals surface area (Å²) in [7, 11) is 0. The predicted octanol–water partition coefficient (Wildman–Crippen LogP) is 5.77. The van der Waals surface area contributed by atoms with E-state index in [1.807, 2.05) is 0 Å². The van der Waals surface area contributed by atoms with Gasteiger partial charge in [0.2, 0.25) is 0 Å². The predicted molar refractivity (Wildman–Crippen MR) is 90.0 cm³/mol. The van der Waals surface area contributed by atoms with E-state index >= 15 is 0 Å². The van der Waals surface area contributed by atoms with E-state index in [-0.39, 0.29) is 0 Å². The van der Waals surface area contributed by atoms with Crippen molar-refractivity contribution in [3.05, 3.63) is 71.8 Å². The van der Waals surface area contributed by atoms with Crippen LogP contribution in [0.5, 0.6) is 0 Å². The first-order valence-electron chi connectivity index (χ1n) is 7.67. The van der Waals surface area contributed by atoms with Gasteiger partial charge in [0.25, 0.3) is 0 Å². The summed E-state index contributed by atoms with van der Waals surface area (Å²) >= 11 is 0. The van der Waals surface area contributed by atoms with Crippen molar-refractivity contribution in [2.45, 2.75) is 40.5 Å². The average molecular weight is 268 g/mol. The van der Waals surface area contributed by atoms with Gasteiger partial charge in [0.1, 0.15) is 0 Å². The van der Waals surface area contributed by atoms with E-state index < -0.39 is 0 Å². The zero-order valence-corrected chi connectivity index (χ0v) is 13.3. The van der Waals surface area contributed by atoms with Gasteiger partial charge in [-0.15, -0.1) is 0 Å². The lowest BCUT2D eigenvalue weighted by molar-refractivity contribution is 0.457. The highest BCUT2D eigenvalue weighted by Gasteiger charge is 1.95. The lowest BCUT2D eigenvalue weighted by Crippen LogP contribution is -1.95. The zero-order chi connectivity index (χ0) is 14.8. The lowest BCUT2D eigenvalue weighted by Gasteiger charge is -2.05. The van der Waals surface area contributed by atoms with Gasteiger partial charge < -0.3 is 0 Å². The third-order valence-corrected chi connectivity index (χ3v) is 3.72. The average Bonchev–Trinajstić information content (AvgIpc) is 2.48. The monoisotopic (exact) mass is 268 g/mol. The smallest absolute Gasteiger partial charge is 0.0238 e. The fraction of sp³-hybridized carbons (Fsp3) is 0.400. The number of rotatable bonds is 4. The molecule has 2 aromatic carbocycles. The Morgan fingerprint density at radius 2 is 0.850 bits per heavy atom. The van der Waals surface area contributed by atoms with Crippen LogP contribution in [-0.4, -0.2) is 0 Å². The van der Waals surface area contributed by atoms with Gasteiger partial charge in [-0.2, -0.15) is 0 Å². The second-order valence-electron chi connectivity index (χ2n) is 5.96. The van der Waals surface area contributed by atoms with Crippen LogP contribution in [0.25, 0.3) is 0 Å². The highest BCUT2D eigenvalue weighted by molar-refractivity contribution is 5.19. The molecule has 0 aliphatic carbocycles. The van der Waals surface area contributed by atoms with Crippen LogP contribution in [0.15, 0.2) is 60.7 Å². The maximum Gasteiger partial charge on any atom is -0.0238 e. The molecule has 0 heteroatoms. The van der Waals surface area contributed by atoms with Crippen molar-refractivity contribution >= 4 is 0 Å². The molecule has 0 saturated carbocycles. The van der Waals surface area contributed by atoms with Crippen LogP contribution in [0.2, 0.25) is 0 Å². The number of hydrogen-bond donors (Lipinski definition) is 0. The molecule has 0 radical (unpaired) electrons. The third-order valence-electron chi connectivity index (χ3n) is 3.72. The molecule has 20 heavy (non-hydrogen) atoms. The van der Waals surface area contributed by atoms with Crippen LogP contribution in [0.1, 0.15) is 38.8 Å². The molecular formula is C20H28. The van der Waals surface area contributed by atoms with Gasteiger partial charge in [-0.3, -0.25) is 0 Å². The summed E-state index contributed by atoms with van der Waals surface area (Å²) < 4.78 is 0. The van der Waals surface area contributed by atoms with Crippen molar-refractivity contribution in [2.75, 3.05) is 0 Å². The Balaban J connectivity index is 0.000000286. The van der Waals surface area contributed by atoms with Crippen LogP contribution in [0.3, 0.4) is 0 Å². The fourth-order valence-electron chi connectivity index (χ4n) is 1.58.